The molecule has 33 heavy (non-hydrogen) atoms. The summed E-state index contributed by atoms with van der Waals surface area (Å²) >= 11 is 0. The van der Waals surface area contributed by atoms with Crippen LogP contribution in [0.1, 0.15) is 16.1 Å². The first-order valence-electron chi connectivity index (χ1n) is 8.94. The van der Waals surface area contributed by atoms with Crippen molar-refractivity contribution in [2.75, 3.05) is 5.32 Å². The van der Waals surface area contributed by atoms with Crippen molar-refractivity contribution in [2.45, 2.75) is 19.1 Å². The molecule has 0 fully saturated rings. The molecule has 0 unspecified atom stereocenters. The van der Waals surface area contributed by atoms with Gasteiger partial charge < -0.3 is 5.32 Å². The molecule has 4 rings (SSSR count). The second kappa shape index (κ2) is 9.10. The number of rotatable bonds is 6. The van der Waals surface area contributed by atoms with E-state index in [4.69, 9.17) is 0 Å². The number of carbonyl (C=O) groups is 1. The Bertz CT molecular complexity index is 1300. The van der Waals surface area contributed by atoms with Gasteiger partial charge in [0.1, 0.15) is 12.4 Å². The highest BCUT2D eigenvalue weighted by atomic mass is 35.5. The molecule has 0 saturated carbocycles. The normalized spacial score (nSPS) is 11.6. The van der Waals surface area contributed by atoms with Gasteiger partial charge >= 0.3 is 6.18 Å². The largest absolute Gasteiger partial charge is 0.435 e. The van der Waals surface area contributed by atoms with E-state index in [9.17, 15) is 31.1 Å². The van der Waals surface area contributed by atoms with Crippen molar-refractivity contribution in [1.82, 2.24) is 24.1 Å². The molecule has 0 aliphatic heterocycles. The summed E-state index contributed by atoms with van der Waals surface area (Å²) < 4.78 is 81.4. The summed E-state index contributed by atoms with van der Waals surface area (Å²) in [6, 6.07) is 3.71. The predicted molar refractivity (Wildman–Crippen MR) is 108 cm³/mol. The Balaban J connectivity index is 0.00000306. The van der Waals surface area contributed by atoms with E-state index in [2.05, 4.69) is 20.4 Å². The van der Waals surface area contributed by atoms with Crippen molar-refractivity contribution in [1.29, 1.82) is 0 Å². The van der Waals surface area contributed by atoms with E-state index in [1.54, 1.807) is 0 Å². The van der Waals surface area contributed by atoms with Crippen LogP contribution in [0.3, 0.4) is 0 Å². The molecule has 0 atom stereocenters. The zero-order valence-electron chi connectivity index (χ0n) is 16.2. The monoisotopic (exact) mass is 490 g/mol. The molecule has 0 radical (unpaired) electrons. The summed E-state index contributed by atoms with van der Waals surface area (Å²) in [5.41, 5.74) is -1.66. The van der Waals surface area contributed by atoms with Crippen LogP contribution in [0.15, 0.2) is 43.0 Å². The zero-order chi connectivity index (χ0) is 23.0. The van der Waals surface area contributed by atoms with Gasteiger partial charge in [0.25, 0.3) is 6.43 Å². The lowest BCUT2D eigenvalue weighted by molar-refractivity contribution is -0.141. The van der Waals surface area contributed by atoms with Gasteiger partial charge in [0, 0.05) is 24.3 Å². The van der Waals surface area contributed by atoms with Gasteiger partial charge in [-0.2, -0.15) is 18.3 Å². The number of hydrogen-bond acceptors (Lipinski definition) is 5. The Kier molecular flexibility index (Phi) is 6.63. The van der Waals surface area contributed by atoms with Crippen LogP contribution in [-0.2, 0) is 12.7 Å². The fourth-order valence-electron chi connectivity index (χ4n) is 3.10. The van der Waals surface area contributed by atoms with Gasteiger partial charge in [0.05, 0.1) is 23.0 Å². The van der Waals surface area contributed by atoms with Gasteiger partial charge in [0.2, 0.25) is 0 Å². The molecular weight excluding hydrogens is 478 g/mol. The summed E-state index contributed by atoms with van der Waals surface area (Å²) in [5, 5.41) is 6.06. The molecular formula is C19H13ClF6N6O. The van der Waals surface area contributed by atoms with Crippen LogP contribution in [0.4, 0.5) is 37.8 Å². The molecule has 1 N–H and O–H groups in total. The van der Waals surface area contributed by atoms with E-state index >= 15 is 0 Å². The molecule has 7 nitrogen and oxygen atoms in total. The highest BCUT2D eigenvalue weighted by molar-refractivity contribution is 5.85. The van der Waals surface area contributed by atoms with Gasteiger partial charge in [-0.3, -0.25) is 13.9 Å². The molecule has 1 aromatic carbocycles. The van der Waals surface area contributed by atoms with Gasteiger partial charge in [-0.25, -0.2) is 23.1 Å². The van der Waals surface area contributed by atoms with Crippen LogP contribution in [0, 0.1) is 5.82 Å². The number of aromatic nitrogens is 5. The summed E-state index contributed by atoms with van der Waals surface area (Å²) in [5.74, 6) is -0.687. The average Bonchev–Trinajstić information content (AvgIpc) is 3.32. The number of halogens is 7. The maximum Gasteiger partial charge on any atom is 0.435 e. The molecule has 0 aliphatic rings. The summed E-state index contributed by atoms with van der Waals surface area (Å²) in [4.78, 5) is 18.9. The molecule has 0 aliphatic carbocycles. The number of benzene rings is 1. The minimum absolute atomic E-state index is 0. The van der Waals surface area contributed by atoms with E-state index in [1.807, 2.05) is 0 Å². The highest BCUT2D eigenvalue weighted by Crippen LogP contribution is 2.37. The van der Waals surface area contributed by atoms with E-state index in [-0.39, 0.29) is 40.8 Å². The van der Waals surface area contributed by atoms with Crippen LogP contribution in [0.25, 0.3) is 16.9 Å². The standard InChI is InChI=1S/C19H12F6N6O.ClH/c20-13-5-11(2-1-10(13)9-32)28-17-18-27-6-14(31(18)4-3-26-17)12-7-30(8-15(21)22)29-16(12)19(23,24)25;/h1-7,9,15H,8H2,(H,26,28);1H. The molecule has 0 spiro atoms. The number of hydrogen-bond donors (Lipinski definition) is 1. The number of anilines is 2. The van der Waals surface area contributed by atoms with Crippen LogP contribution < -0.4 is 5.32 Å². The molecule has 0 amide bonds. The van der Waals surface area contributed by atoms with Crippen molar-refractivity contribution in [2.24, 2.45) is 0 Å². The van der Waals surface area contributed by atoms with Gasteiger partial charge in [-0.15, -0.1) is 12.4 Å². The molecule has 0 saturated heterocycles. The number of carbonyl (C=O) groups excluding carboxylic acids is 1. The number of imidazole rings is 1. The van der Waals surface area contributed by atoms with E-state index in [0.717, 1.165) is 18.5 Å². The van der Waals surface area contributed by atoms with Gasteiger partial charge in [-0.1, -0.05) is 0 Å². The van der Waals surface area contributed by atoms with E-state index in [1.165, 1.54) is 28.9 Å². The maximum absolute atomic E-state index is 13.9. The minimum Gasteiger partial charge on any atom is -0.337 e. The van der Waals surface area contributed by atoms with E-state index in [0.29, 0.717) is 11.0 Å². The van der Waals surface area contributed by atoms with E-state index < -0.39 is 36.2 Å². The SMILES string of the molecule is Cl.O=Cc1ccc(Nc2nccn3c(-c4cn(CC(F)F)nc4C(F)(F)F)cnc23)cc1F. The topological polar surface area (TPSA) is 77.1 Å². The zero-order valence-corrected chi connectivity index (χ0v) is 17.0. The second-order valence-corrected chi connectivity index (χ2v) is 6.59. The number of fused-ring (bicyclic) bond motifs is 1. The fraction of sp³-hybridized carbons (Fsp3) is 0.158. The number of nitrogens with zero attached hydrogens (tertiary/aromatic N) is 5. The third-order valence-electron chi connectivity index (χ3n) is 4.45. The third kappa shape index (κ3) is 4.77. The first-order valence-corrected chi connectivity index (χ1v) is 8.94. The van der Waals surface area contributed by atoms with Crippen molar-refractivity contribution < 1.29 is 31.1 Å². The molecule has 174 valence electrons. The smallest absolute Gasteiger partial charge is 0.337 e. The van der Waals surface area contributed by atoms with Crippen molar-refractivity contribution >= 4 is 35.8 Å². The summed E-state index contributed by atoms with van der Waals surface area (Å²) in [6.45, 7) is -1.00. The Hall–Kier alpha value is -3.61. The predicted octanol–water partition coefficient (Wildman–Crippen LogP) is 4.99. The van der Waals surface area contributed by atoms with Gasteiger partial charge in [0.15, 0.2) is 23.4 Å². The summed E-state index contributed by atoms with van der Waals surface area (Å²) in [7, 11) is 0. The number of nitrogens with one attached hydrogen (secondary N) is 1. The Morgan fingerprint density at radius 2 is 1.94 bits per heavy atom. The third-order valence-corrected chi connectivity index (χ3v) is 4.45. The molecule has 3 aromatic heterocycles. The highest BCUT2D eigenvalue weighted by Gasteiger charge is 2.38. The number of aldehydes is 1. The van der Waals surface area contributed by atoms with Crippen molar-refractivity contribution in [3.8, 4) is 11.3 Å². The van der Waals surface area contributed by atoms with Crippen molar-refractivity contribution in [3.05, 3.63) is 60.1 Å². The van der Waals surface area contributed by atoms with Gasteiger partial charge in [-0.05, 0) is 18.2 Å². The first kappa shape index (κ1) is 24.0. The Morgan fingerprint density at radius 3 is 2.58 bits per heavy atom. The lowest BCUT2D eigenvalue weighted by Crippen LogP contribution is -2.11. The minimum atomic E-state index is -4.89. The van der Waals surface area contributed by atoms with Crippen molar-refractivity contribution in [3.63, 3.8) is 0 Å². The molecule has 14 heteroatoms. The van der Waals surface area contributed by atoms with Crippen LogP contribution in [0.2, 0.25) is 0 Å². The maximum atomic E-state index is 13.9. The molecule has 0 bridgehead atoms. The van der Waals surface area contributed by atoms with Crippen LogP contribution >= 0.6 is 12.4 Å². The quantitative estimate of drug-likeness (QED) is 0.304. The Labute approximate surface area is 187 Å². The lowest BCUT2D eigenvalue weighted by Gasteiger charge is -2.09. The lowest BCUT2D eigenvalue weighted by atomic mass is 10.2. The fourth-order valence-corrected chi connectivity index (χ4v) is 3.10. The molecule has 4 aromatic rings. The first-order chi connectivity index (χ1) is 15.2. The second-order valence-electron chi connectivity index (χ2n) is 6.59. The van der Waals surface area contributed by atoms with Crippen LogP contribution in [0.5, 0.6) is 0 Å². The Morgan fingerprint density at radius 1 is 1.18 bits per heavy atom. The van der Waals surface area contributed by atoms with Crippen LogP contribution in [-0.4, -0.2) is 36.9 Å². The average molecular weight is 491 g/mol. The summed E-state index contributed by atoms with van der Waals surface area (Å²) in [6.07, 6.45) is -2.82. The molecule has 3 heterocycles. The number of alkyl halides is 5.